The van der Waals surface area contributed by atoms with E-state index in [4.69, 9.17) is 11.6 Å². The van der Waals surface area contributed by atoms with Crippen LogP contribution in [0.2, 0.25) is 5.15 Å². The van der Waals surface area contributed by atoms with Crippen LogP contribution in [0.25, 0.3) is 10.9 Å². The Morgan fingerprint density at radius 3 is 2.36 bits per heavy atom. The summed E-state index contributed by atoms with van der Waals surface area (Å²) in [5.41, 5.74) is -0.154. The van der Waals surface area contributed by atoms with E-state index in [1.165, 1.54) is 20.2 Å². The largest absolute Gasteiger partial charge is 0.548 e. The Hall–Kier alpha value is -2.12. The Bertz CT molecular complexity index is 780. The lowest BCUT2D eigenvalue weighted by Crippen LogP contribution is -2.49. The second-order valence-corrected chi connectivity index (χ2v) is 5.19. The summed E-state index contributed by atoms with van der Waals surface area (Å²) in [6.45, 7) is 0. The lowest BCUT2D eigenvalue weighted by atomic mass is 10.0. The zero-order valence-electron chi connectivity index (χ0n) is 11.6. The maximum atomic E-state index is 13.3. The molecule has 0 saturated heterocycles. The number of likely N-dealkylation sites (N-methyl/N-ethyl adjacent to an activating group) is 1. The van der Waals surface area contributed by atoms with Gasteiger partial charge in [-0.05, 0) is 26.2 Å². The van der Waals surface area contributed by atoms with Crippen LogP contribution in [0.3, 0.4) is 0 Å². The number of carbonyl (C=O) groups is 2. The Kier molecular flexibility index (Phi) is 4.39. The first-order chi connectivity index (χ1) is 10.2. The number of hydrogen-bond donors (Lipinski definition) is 0. The van der Waals surface area contributed by atoms with Crippen molar-refractivity contribution >= 4 is 34.3 Å². The average Bonchev–Trinajstić information content (AvgIpc) is 2.39. The number of hydrogen-bond acceptors (Lipinski definition) is 5. The molecule has 0 aliphatic heterocycles. The van der Waals surface area contributed by atoms with E-state index >= 15 is 0 Å². The molecule has 116 valence electrons. The topological polar surface area (TPSA) is 73.3 Å². The lowest BCUT2D eigenvalue weighted by molar-refractivity contribution is -0.308. The molecule has 0 spiro atoms. The van der Waals surface area contributed by atoms with Crippen LogP contribution in [0.5, 0.6) is 0 Å². The number of aliphatic carboxylic acids is 1. The van der Waals surface area contributed by atoms with Crippen molar-refractivity contribution in [1.29, 1.82) is 0 Å². The number of Topliss-reactive ketones (excluding diaryl/α,β-unsaturated/α-hetero) is 1. The fourth-order valence-corrected chi connectivity index (χ4v) is 2.26. The van der Waals surface area contributed by atoms with Crippen LogP contribution >= 0.6 is 11.6 Å². The van der Waals surface area contributed by atoms with E-state index in [1.807, 2.05) is 0 Å². The first kappa shape index (κ1) is 16.3. The molecule has 0 saturated carbocycles. The fourth-order valence-electron chi connectivity index (χ4n) is 2.02. The second-order valence-electron chi connectivity index (χ2n) is 4.84. The van der Waals surface area contributed by atoms with Crippen molar-refractivity contribution in [2.75, 3.05) is 14.1 Å². The van der Waals surface area contributed by atoms with Gasteiger partial charge in [0, 0.05) is 11.5 Å². The standard InChI is InChI=1S/C14H11ClF2N2O3/c1-19(2)11(14(21)22)12(20)7-3-6-4-8(16)9(17)5-10(6)18-13(7)15/h3-5,11H,1-2H3,(H,21,22)/p-1. The molecular formula is C14H10ClF2N2O3-. The van der Waals surface area contributed by atoms with Crippen molar-refractivity contribution in [3.8, 4) is 0 Å². The Balaban J connectivity index is 2.60. The van der Waals surface area contributed by atoms with Crippen molar-refractivity contribution in [3.05, 3.63) is 40.6 Å². The maximum Gasteiger partial charge on any atom is 0.188 e. The Morgan fingerprint density at radius 2 is 1.82 bits per heavy atom. The molecule has 0 N–H and O–H groups in total. The molecular weight excluding hydrogens is 318 g/mol. The molecule has 0 amide bonds. The van der Waals surface area contributed by atoms with E-state index in [-0.39, 0.29) is 21.6 Å². The van der Waals surface area contributed by atoms with Gasteiger partial charge in [0.15, 0.2) is 17.4 Å². The molecule has 0 fully saturated rings. The molecule has 1 atom stereocenters. The van der Waals surface area contributed by atoms with Crippen LogP contribution in [0.1, 0.15) is 10.4 Å². The number of carbonyl (C=O) groups excluding carboxylic acids is 2. The third-order valence-electron chi connectivity index (χ3n) is 3.06. The highest BCUT2D eigenvalue weighted by Gasteiger charge is 2.26. The van der Waals surface area contributed by atoms with Crippen LogP contribution in [0.15, 0.2) is 18.2 Å². The number of rotatable bonds is 4. The van der Waals surface area contributed by atoms with Crippen LogP contribution in [0, 0.1) is 11.6 Å². The number of carboxylic acids is 1. The average molecular weight is 328 g/mol. The minimum absolute atomic E-state index is 0.0512. The third-order valence-corrected chi connectivity index (χ3v) is 3.35. The van der Waals surface area contributed by atoms with Gasteiger partial charge in [-0.15, -0.1) is 0 Å². The van der Waals surface area contributed by atoms with Gasteiger partial charge in [-0.1, -0.05) is 11.6 Å². The molecule has 1 heterocycles. The second kappa shape index (κ2) is 5.94. The van der Waals surface area contributed by atoms with E-state index < -0.39 is 29.4 Å². The van der Waals surface area contributed by atoms with Gasteiger partial charge in [0.1, 0.15) is 11.2 Å². The van der Waals surface area contributed by atoms with Gasteiger partial charge in [0.25, 0.3) is 0 Å². The summed E-state index contributed by atoms with van der Waals surface area (Å²) in [5, 5.41) is 10.9. The number of ketones is 1. The molecule has 0 radical (unpaired) electrons. The minimum Gasteiger partial charge on any atom is -0.548 e. The van der Waals surface area contributed by atoms with Crippen LogP contribution in [0.4, 0.5) is 8.78 Å². The molecule has 8 heteroatoms. The van der Waals surface area contributed by atoms with Gasteiger partial charge in [-0.25, -0.2) is 13.8 Å². The number of fused-ring (bicyclic) bond motifs is 1. The number of carboxylic acid groups (broad SMARTS) is 1. The normalized spacial score (nSPS) is 12.6. The quantitative estimate of drug-likeness (QED) is 0.476. The molecule has 22 heavy (non-hydrogen) atoms. The number of pyridine rings is 1. The highest BCUT2D eigenvalue weighted by molar-refractivity contribution is 6.34. The van der Waals surface area contributed by atoms with Gasteiger partial charge in [0.05, 0.1) is 17.0 Å². The molecule has 0 bridgehead atoms. The zero-order valence-corrected chi connectivity index (χ0v) is 12.3. The highest BCUT2D eigenvalue weighted by atomic mass is 35.5. The smallest absolute Gasteiger partial charge is 0.188 e. The number of nitrogens with zero attached hydrogens (tertiary/aromatic N) is 2. The first-order valence-corrected chi connectivity index (χ1v) is 6.47. The first-order valence-electron chi connectivity index (χ1n) is 6.09. The van der Waals surface area contributed by atoms with E-state index in [1.54, 1.807) is 0 Å². The van der Waals surface area contributed by atoms with Crippen molar-refractivity contribution in [1.82, 2.24) is 9.88 Å². The monoisotopic (exact) mass is 327 g/mol. The summed E-state index contributed by atoms with van der Waals surface area (Å²) >= 11 is 5.86. The summed E-state index contributed by atoms with van der Waals surface area (Å²) in [7, 11) is 2.77. The highest BCUT2D eigenvalue weighted by Crippen LogP contribution is 2.24. The predicted octanol–water partition coefficient (Wildman–Crippen LogP) is 1.03. The van der Waals surface area contributed by atoms with Crippen LogP contribution in [-0.2, 0) is 4.79 Å². The molecule has 2 aromatic rings. The fraction of sp³-hybridized carbons (Fsp3) is 0.214. The summed E-state index contributed by atoms with van der Waals surface area (Å²) in [5.74, 6) is -4.67. The van der Waals surface area contributed by atoms with Gasteiger partial charge in [-0.2, -0.15) is 0 Å². The van der Waals surface area contributed by atoms with Crippen molar-refractivity contribution < 1.29 is 23.5 Å². The predicted molar refractivity (Wildman–Crippen MR) is 73.5 cm³/mol. The van der Waals surface area contributed by atoms with E-state index in [0.717, 1.165) is 17.0 Å². The van der Waals surface area contributed by atoms with E-state index in [0.29, 0.717) is 0 Å². The minimum atomic E-state index is -1.60. The molecule has 2 rings (SSSR count). The van der Waals surface area contributed by atoms with Crippen molar-refractivity contribution in [3.63, 3.8) is 0 Å². The molecule has 0 aliphatic rings. The molecule has 1 aromatic heterocycles. The van der Waals surface area contributed by atoms with Crippen LogP contribution in [-0.4, -0.2) is 41.8 Å². The molecule has 1 unspecified atom stereocenters. The summed E-state index contributed by atoms with van der Waals surface area (Å²) in [6.07, 6.45) is 0. The van der Waals surface area contributed by atoms with E-state index in [2.05, 4.69) is 4.98 Å². The Morgan fingerprint density at radius 1 is 1.23 bits per heavy atom. The van der Waals surface area contributed by atoms with Crippen molar-refractivity contribution in [2.24, 2.45) is 0 Å². The van der Waals surface area contributed by atoms with Gasteiger partial charge < -0.3 is 9.90 Å². The van der Waals surface area contributed by atoms with Gasteiger partial charge >= 0.3 is 0 Å². The van der Waals surface area contributed by atoms with Gasteiger partial charge in [-0.3, -0.25) is 9.69 Å². The van der Waals surface area contributed by atoms with Gasteiger partial charge in [0.2, 0.25) is 0 Å². The molecule has 5 nitrogen and oxygen atoms in total. The van der Waals surface area contributed by atoms with E-state index in [9.17, 15) is 23.5 Å². The molecule has 1 aromatic carbocycles. The summed E-state index contributed by atoms with van der Waals surface area (Å²) in [4.78, 5) is 28.3. The maximum absolute atomic E-state index is 13.3. The summed E-state index contributed by atoms with van der Waals surface area (Å²) in [6, 6.07) is 1.30. The number of benzene rings is 1. The Labute approximate surface area is 129 Å². The third kappa shape index (κ3) is 2.90. The van der Waals surface area contributed by atoms with Crippen molar-refractivity contribution in [2.45, 2.75) is 6.04 Å². The van der Waals surface area contributed by atoms with Crippen LogP contribution < -0.4 is 5.11 Å². The number of halogens is 3. The SMILES string of the molecule is CN(C)C(C(=O)[O-])C(=O)c1cc2cc(F)c(F)cc2nc1Cl. The lowest BCUT2D eigenvalue weighted by Gasteiger charge is -2.24. The molecule has 0 aliphatic carbocycles. The zero-order chi connectivity index (χ0) is 16.6. The summed E-state index contributed by atoms with van der Waals surface area (Å²) < 4.78 is 26.4. The number of aromatic nitrogens is 1.